The molecule has 0 spiro atoms. The summed E-state index contributed by atoms with van der Waals surface area (Å²) in [5.41, 5.74) is 0.210. The van der Waals surface area contributed by atoms with Crippen LogP contribution in [0.3, 0.4) is 0 Å². The predicted molar refractivity (Wildman–Crippen MR) is 92.3 cm³/mol. The molecule has 0 saturated carbocycles. The monoisotopic (exact) mass is 331 g/mol. The van der Waals surface area contributed by atoms with Crippen molar-refractivity contribution in [1.82, 2.24) is 10.2 Å². The Balaban J connectivity index is 1.80. The second kappa shape index (κ2) is 6.09. The van der Waals surface area contributed by atoms with Gasteiger partial charge in [-0.2, -0.15) is 0 Å². The second-order valence-electron chi connectivity index (χ2n) is 7.02. The Morgan fingerprint density at radius 2 is 1.96 bits per heavy atom. The first-order valence-electron chi connectivity index (χ1n) is 8.38. The van der Waals surface area contributed by atoms with E-state index in [0.29, 0.717) is 11.4 Å². The molecule has 2 aliphatic heterocycles. The molecule has 2 aliphatic rings. The van der Waals surface area contributed by atoms with Crippen LogP contribution >= 0.6 is 0 Å². The Bertz CT molecular complexity index is 667. The molecule has 6 nitrogen and oxygen atoms in total. The van der Waals surface area contributed by atoms with Crippen molar-refractivity contribution in [3.05, 3.63) is 23.8 Å². The second-order valence-corrected chi connectivity index (χ2v) is 7.02. The van der Waals surface area contributed by atoms with Crippen LogP contribution in [0.15, 0.2) is 18.2 Å². The molecule has 1 atom stereocenters. The zero-order chi connectivity index (χ0) is 17.5. The van der Waals surface area contributed by atoms with Gasteiger partial charge in [-0.3, -0.25) is 9.59 Å². The summed E-state index contributed by atoms with van der Waals surface area (Å²) >= 11 is 0. The molecule has 1 fully saturated rings. The molecule has 1 unspecified atom stereocenters. The van der Waals surface area contributed by atoms with Crippen molar-refractivity contribution in [2.45, 2.75) is 38.3 Å². The number of anilines is 1. The third-order valence-corrected chi connectivity index (χ3v) is 4.99. The summed E-state index contributed by atoms with van der Waals surface area (Å²) in [6.45, 7) is 5.40. The number of ether oxygens (including phenoxy) is 1. The zero-order valence-electron chi connectivity index (χ0n) is 14.8. The molecule has 1 aromatic carbocycles. The van der Waals surface area contributed by atoms with E-state index in [1.807, 2.05) is 25.1 Å². The van der Waals surface area contributed by atoms with E-state index in [1.54, 1.807) is 14.0 Å². The lowest BCUT2D eigenvalue weighted by Crippen LogP contribution is -2.63. The first-order chi connectivity index (χ1) is 11.3. The molecule has 1 N–H and O–H groups in total. The SMILES string of the molecule is Cc1ccc2c(c1)N(C)C(=O)C(C)(C(=O)NC1CCN(C)CC1)O2. The molecule has 3 rings (SSSR count). The van der Waals surface area contributed by atoms with E-state index in [1.165, 1.54) is 4.90 Å². The lowest BCUT2D eigenvalue weighted by Gasteiger charge is -2.39. The number of rotatable bonds is 2. The van der Waals surface area contributed by atoms with Crippen LogP contribution in [0.2, 0.25) is 0 Å². The Labute approximate surface area is 142 Å². The minimum absolute atomic E-state index is 0.0895. The summed E-state index contributed by atoms with van der Waals surface area (Å²) in [4.78, 5) is 29.3. The first-order valence-corrected chi connectivity index (χ1v) is 8.38. The number of amides is 2. The Morgan fingerprint density at radius 3 is 2.62 bits per heavy atom. The lowest BCUT2D eigenvalue weighted by molar-refractivity contribution is -0.148. The average Bonchev–Trinajstić information content (AvgIpc) is 2.56. The quantitative estimate of drug-likeness (QED) is 0.830. The highest BCUT2D eigenvalue weighted by atomic mass is 16.5. The van der Waals surface area contributed by atoms with E-state index in [4.69, 9.17) is 4.74 Å². The molecular formula is C18H25N3O3. The van der Waals surface area contributed by atoms with Gasteiger partial charge in [0.1, 0.15) is 5.75 Å². The Morgan fingerprint density at radius 1 is 1.29 bits per heavy atom. The smallest absolute Gasteiger partial charge is 0.280 e. The summed E-state index contributed by atoms with van der Waals surface area (Å²) in [7, 11) is 3.76. The van der Waals surface area contributed by atoms with Gasteiger partial charge in [-0.1, -0.05) is 6.07 Å². The minimum Gasteiger partial charge on any atom is -0.466 e. The maximum atomic E-state index is 12.8. The number of benzene rings is 1. The number of likely N-dealkylation sites (N-methyl/N-ethyl adjacent to an activating group) is 1. The van der Waals surface area contributed by atoms with Gasteiger partial charge in [0.05, 0.1) is 5.69 Å². The Kier molecular flexibility index (Phi) is 4.25. The topological polar surface area (TPSA) is 61.9 Å². The Hall–Kier alpha value is -2.08. The molecule has 2 heterocycles. The van der Waals surface area contributed by atoms with Crippen LogP contribution in [0.4, 0.5) is 5.69 Å². The van der Waals surface area contributed by atoms with Crippen LogP contribution in [-0.2, 0) is 9.59 Å². The van der Waals surface area contributed by atoms with E-state index in [2.05, 4.69) is 17.3 Å². The van der Waals surface area contributed by atoms with Crippen LogP contribution in [0.5, 0.6) is 5.75 Å². The maximum Gasteiger partial charge on any atom is 0.280 e. The number of aryl methyl sites for hydroxylation is 1. The third-order valence-electron chi connectivity index (χ3n) is 4.99. The normalized spacial score (nSPS) is 25.2. The fourth-order valence-corrected chi connectivity index (χ4v) is 3.29. The van der Waals surface area contributed by atoms with Crippen molar-refractivity contribution in [2.24, 2.45) is 0 Å². The van der Waals surface area contributed by atoms with E-state index in [0.717, 1.165) is 31.5 Å². The molecule has 24 heavy (non-hydrogen) atoms. The molecule has 0 radical (unpaired) electrons. The highest BCUT2D eigenvalue weighted by Gasteiger charge is 2.50. The van der Waals surface area contributed by atoms with Crippen molar-refractivity contribution in [3.8, 4) is 5.75 Å². The van der Waals surface area contributed by atoms with Gasteiger partial charge in [0, 0.05) is 13.1 Å². The van der Waals surface area contributed by atoms with Gasteiger partial charge in [-0.25, -0.2) is 0 Å². The van der Waals surface area contributed by atoms with Crippen LogP contribution in [0.1, 0.15) is 25.3 Å². The van der Waals surface area contributed by atoms with Crippen molar-refractivity contribution in [3.63, 3.8) is 0 Å². The molecule has 2 amide bonds. The number of piperidine rings is 1. The van der Waals surface area contributed by atoms with Crippen molar-refractivity contribution < 1.29 is 14.3 Å². The fraction of sp³-hybridized carbons (Fsp3) is 0.556. The highest BCUT2D eigenvalue weighted by Crippen LogP contribution is 2.37. The summed E-state index contributed by atoms with van der Waals surface area (Å²) in [5, 5.41) is 3.00. The van der Waals surface area contributed by atoms with Crippen LogP contribution in [0.25, 0.3) is 0 Å². The van der Waals surface area contributed by atoms with Crippen LogP contribution in [0, 0.1) is 6.92 Å². The number of nitrogens with zero attached hydrogens (tertiary/aromatic N) is 2. The van der Waals surface area contributed by atoms with Gasteiger partial charge in [-0.05, 0) is 64.5 Å². The summed E-state index contributed by atoms with van der Waals surface area (Å²) in [5.74, 6) is -0.144. The average molecular weight is 331 g/mol. The zero-order valence-corrected chi connectivity index (χ0v) is 14.8. The van der Waals surface area contributed by atoms with Crippen molar-refractivity contribution in [1.29, 1.82) is 0 Å². The maximum absolute atomic E-state index is 12.8. The van der Waals surface area contributed by atoms with Gasteiger partial charge >= 0.3 is 0 Å². The van der Waals surface area contributed by atoms with Gasteiger partial charge in [0.25, 0.3) is 17.4 Å². The largest absolute Gasteiger partial charge is 0.466 e. The van der Waals surface area contributed by atoms with E-state index in [9.17, 15) is 9.59 Å². The molecule has 1 aromatic rings. The summed E-state index contributed by atoms with van der Waals surface area (Å²) in [6, 6.07) is 5.71. The van der Waals surface area contributed by atoms with Crippen molar-refractivity contribution >= 4 is 17.5 Å². The fourth-order valence-electron chi connectivity index (χ4n) is 3.29. The van der Waals surface area contributed by atoms with E-state index in [-0.39, 0.29) is 17.9 Å². The number of hydrogen-bond donors (Lipinski definition) is 1. The van der Waals surface area contributed by atoms with Gasteiger partial charge in [-0.15, -0.1) is 0 Å². The van der Waals surface area contributed by atoms with Gasteiger partial charge in [0.2, 0.25) is 0 Å². The predicted octanol–water partition coefficient (Wildman–Crippen LogP) is 1.32. The molecule has 0 bridgehead atoms. The minimum atomic E-state index is -1.53. The molecule has 1 saturated heterocycles. The van der Waals surface area contributed by atoms with Gasteiger partial charge < -0.3 is 19.9 Å². The first kappa shape index (κ1) is 16.8. The van der Waals surface area contributed by atoms with Crippen molar-refractivity contribution in [2.75, 3.05) is 32.1 Å². The summed E-state index contributed by atoms with van der Waals surface area (Å²) in [6.07, 6.45) is 1.77. The molecule has 6 heteroatoms. The van der Waals surface area contributed by atoms with E-state index >= 15 is 0 Å². The highest BCUT2D eigenvalue weighted by molar-refractivity contribution is 6.16. The third kappa shape index (κ3) is 2.86. The summed E-state index contributed by atoms with van der Waals surface area (Å²) < 4.78 is 5.87. The number of fused-ring (bicyclic) bond motifs is 1. The number of hydrogen-bond acceptors (Lipinski definition) is 4. The molecule has 0 aromatic heterocycles. The number of nitrogens with one attached hydrogen (secondary N) is 1. The lowest BCUT2D eigenvalue weighted by atomic mass is 9.98. The van der Waals surface area contributed by atoms with Crippen LogP contribution < -0.4 is 15.0 Å². The van der Waals surface area contributed by atoms with Gasteiger partial charge in [0.15, 0.2) is 0 Å². The molecule has 130 valence electrons. The number of likely N-dealkylation sites (tertiary alicyclic amines) is 1. The molecular weight excluding hydrogens is 306 g/mol. The molecule has 0 aliphatic carbocycles. The number of carbonyl (C=O) groups excluding carboxylic acids is 2. The number of carbonyl (C=O) groups is 2. The van der Waals surface area contributed by atoms with E-state index < -0.39 is 5.60 Å². The van der Waals surface area contributed by atoms with Crippen LogP contribution in [-0.4, -0.2) is 55.5 Å². The standard InChI is InChI=1S/C18H25N3O3/c1-12-5-6-15-14(11-12)21(4)17(23)18(2,24-15)16(22)19-13-7-9-20(3)10-8-13/h5-6,11,13H,7-10H2,1-4H3,(H,19,22).